The van der Waals surface area contributed by atoms with Gasteiger partial charge in [0.25, 0.3) is 0 Å². The zero-order valence-electron chi connectivity index (χ0n) is 12.1. The van der Waals surface area contributed by atoms with Crippen molar-refractivity contribution >= 4 is 23.5 Å². The van der Waals surface area contributed by atoms with Crippen LogP contribution in [-0.4, -0.2) is 58.0 Å². The number of hydrogen-bond acceptors (Lipinski definition) is 6. The lowest BCUT2D eigenvalue weighted by atomic mass is 9.98. The van der Waals surface area contributed by atoms with Crippen molar-refractivity contribution in [1.29, 1.82) is 0 Å². The number of piperazine rings is 1. The molecular weight excluding hydrogens is 282 g/mol. The number of carbonyl (C=O) groups is 1. The standard InChI is InChI=1S/C12H18ClN5O2/c1-5-20-11-15-9(13)14-10(16-11)18-7-6-17(4)8(19)12(18,2)3/h5-7H2,1-4H3. The number of ether oxygens (including phenoxy) is 1. The molecule has 1 saturated heterocycles. The summed E-state index contributed by atoms with van der Waals surface area (Å²) in [5.41, 5.74) is -0.735. The summed E-state index contributed by atoms with van der Waals surface area (Å²) in [5.74, 6) is 0.373. The first kappa shape index (κ1) is 14.8. The van der Waals surface area contributed by atoms with Gasteiger partial charge in [-0.3, -0.25) is 4.79 Å². The molecule has 1 fully saturated rings. The molecule has 0 atom stereocenters. The fraction of sp³-hybridized carbons (Fsp3) is 0.667. The van der Waals surface area contributed by atoms with Crippen LogP contribution in [0.5, 0.6) is 6.01 Å². The van der Waals surface area contributed by atoms with Crippen molar-refractivity contribution in [2.24, 2.45) is 0 Å². The SMILES string of the molecule is CCOc1nc(Cl)nc(N2CCN(C)C(=O)C2(C)C)n1. The highest BCUT2D eigenvalue weighted by molar-refractivity contribution is 6.28. The number of amides is 1. The van der Waals surface area contributed by atoms with Gasteiger partial charge in [-0.15, -0.1) is 0 Å². The molecule has 0 aromatic carbocycles. The van der Waals surface area contributed by atoms with E-state index in [0.29, 0.717) is 25.6 Å². The molecule has 20 heavy (non-hydrogen) atoms. The van der Waals surface area contributed by atoms with E-state index in [0.717, 1.165) is 0 Å². The third-order valence-electron chi connectivity index (χ3n) is 3.29. The Morgan fingerprint density at radius 3 is 2.65 bits per heavy atom. The Balaban J connectivity index is 2.37. The molecule has 0 radical (unpaired) electrons. The smallest absolute Gasteiger partial charge is 0.322 e. The van der Waals surface area contributed by atoms with Gasteiger partial charge in [0.05, 0.1) is 6.61 Å². The van der Waals surface area contributed by atoms with E-state index in [9.17, 15) is 4.79 Å². The lowest BCUT2D eigenvalue weighted by Gasteiger charge is -2.44. The van der Waals surface area contributed by atoms with E-state index >= 15 is 0 Å². The first-order valence-corrected chi connectivity index (χ1v) is 6.81. The Labute approximate surface area is 122 Å². The van der Waals surface area contributed by atoms with Gasteiger partial charge >= 0.3 is 6.01 Å². The molecule has 1 aliphatic rings. The molecule has 0 N–H and O–H groups in total. The van der Waals surface area contributed by atoms with Crippen LogP contribution in [0.3, 0.4) is 0 Å². The second kappa shape index (κ2) is 5.40. The van der Waals surface area contributed by atoms with E-state index in [4.69, 9.17) is 16.3 Å². The molecule has 1 aromatic heterocycles. The lowest BCUT2D eigenvalue weighted by molar-refractivity contribution is -0.136. The van der Waals surface area contributed by atoms with Gasteiger partial charge in [-0.2, -0.15) is 15.0 Å². The molecule has 110 valence electrons. The van der Waals surface area contributed by atoms with Gasteiger partial charge in [-0.1, -0.05) is 0 Å². The molecular formula is C12H18ClN5O2. The average molecular weight is 300 g/mol. The number of carbonyl (C=O) groups excluding carboxylic acids is 1. The summed E-state index contributed by atoms with van der Waals surface area (Å²) in [4.78, 5) is 28.0. The van der Waals surface area contributed by atoms with Gasteiger partial charge < -0.3 is 14.5 Å². The molecule has 1 aliphatic heterocycles. The Hall–Kier alpha value is -1.63. The van der Waals surface area contributed by atoms with E-state index < -0.39 is 5.54 Å². The van der Waals surface area contributed by atoms with Crippen LogP contribution in [-0.2, 0) is 4.79 Å². The number of aromatic nitrogens is 3. The summed E-state index contributed by atoms with van der Waals surface area (Å²) in [7, 11) is 1.79. The number of halogens is 1. The Morgan fingerprint density at radius 2 is 2.00 bits per heavy atom. The zero-order valence-corrected chi connectivity index (χ0v) is 12.8. The predicted molar refractivity (Wildman–Crippen MR) is 75.1 cm³/mol. The Kier molecular flexibility index (Phi) is 3.99. The molecule has 2 heterocycles. The third kappa shape index (κ3) is 2.63. The molecule has 0 saturated carbocycles. The number of anilines is 1. The van der Waals surface area contributed by atoms with Crippen LogP contribution in [0.25, 0.3) is 0 Å². The molecule has 0 aliphatic carbocycles. The fourth-order valence-electron chi connectivity index (χ4n) is 2.20. The van der Waals surface area contributed by atoms with E-state index in [1.807, 2.05) is 25.7 Å². The number of likely N-dealkylation sites (N-methyl/N-ethyl adjacent to an activating group) is 1. The zero-order chi connectivity index (χ0) is 14.9. The van der Waals surface area contributed by atoms with Crippen LogP contribution in [0.2, 0.25) is 5.28 Å². The first-order valence-electron chi connectivity index (χ1n) is 6.44. The molecule has 0 unspecified atom stereocenters. The van der Waals surface area contributed by atoms with Crippen molar-refractivity contribution in [1.82, 2.24) is 19.9 Å². The quantitative estimate of drug-likeness (QED) is 0.828. The van der Waals surface area contributed by atoms with E-state index in [1.54, 1.807) is 11.9 Å². The van der Waals surface area contributed by atoms with Crippen LogP contribution in [0.1, 0.15) is 20.8 Å². The molecule has 1 amide bonds. The molecule has 0 spiro atoms. The predicted octanol–water partition coefficient (Wildman–Crippen LogP) is 0.981. The van der Waals surface area contributed by atoms with Crippen LogP contribution in [0, 0.1) is 0 Å². The molecule has 2 rings (SSSR count). The highest BCUT2D eigenvalue weighted by Gasteiger charge is 2.42. The maximum absolute atomic E-state index is 12.3. The largest absolute Gasteiger partial charge is 0.464 e. The van der Waals surface area contributed by atoms with Gasteiger partial charge in [-0.25, -0.2) is 0 Å². The molecule has 1 aromatic rings. The normalized spacial score (nSPS) is 18.4. The van der Waals surface area contributed by atoms with Gasteiger partial charge in [0, 0.05) is 20.1 Å². The van der Waals surface area contributed by atoms with Crippen LogP contribution in [0.4, 0.5) is 5.95 Å². The first-order chi connectivity index (χ1) is 9.36. The second-order valence-electron chi connectivity index (χ2n) is 5.06. The van der Waals surface area contributed by atoms with E-state index in [-0.39, 0.29) is 17.2 Å². The van der Waals surface area contributed by atoms with E-state index in [1.165, 1.54) is 0 Å². The number of nitrogens with zero attached hydrogens (tertiary/aromatic N) is 5. The minimum atomic E-state index is -0.735. The highest BCUT2D eigenvalue weighted by Crippen LogP contribution is 2.27. The van der Waals surface area contributed by atoms with Gasteiger partial charge in [0.1, 0.15) is 5.54 Å². The molecule has 8 heteroatoms. The van der Waals surface area contributed by atoms with Crippen LogP contribution >= 0.6 is 11.6 Å². The van der Waals surface area contributed by atoms with E-state index in [2.05, 4.69) is 15.0 Å². The van der Waals surface area contributed by atoms with Crippen molar-refractivity contribution in [3.8, 4) is 6.01 Å². The number of hydrogen-bond donors (Lipinski definition) is 0. The minimum Gasteiger partial charge on any atom is -0.464 e. The maximum atomic E-state index is 12.3. The monoisotopic (exact) mass is 299 g/mol. The van der Waals surface area contributed by atoms with Gasteiger partial charge in [0.15, 0.2) is 0 Å². The average Bonchev–Trinajstić information content (AvgIpc) is 2.36. The second-order valence-corrected chi connectivity index (χ2v) is 5.40. The third-order valence-corrected chi connectivity index (χ3v) is 3.46. The number of rotatable bonds is 3. The van der Waals surface area contributed by atoms with Crippen LogP contribution in [0.15, 0.2) is 0 Å². The Bertz CT molecular complexity index is 523. The summed E-state index contributed by atoms with van der Waals surface area (Å²) in [6.07, 6.45) is 0. The van der Waals surface area contributed by atoms with Crippen molar-refractivity contribution in [2.45, 2.75) is 26.3 Å². The molecule has 0 bridgehead atoms. The molecule has 7 nitrogen and oxygen atoms in total. The van der Waals surface area contributed by atoms with Crippen molar-refractivity contribution in [3.63, 3.8) is 0 Å². The minimum absolute atomic E-state index is 0.0123. The maximum Gasteiger partial charge on any atom is 0.322 e. The highest BCUT2D eigenvalue weighted by atomic mass is 35.5. The summed E-state index contributed by atoms with van der Waals surface area (Å²) in [6.45, 7) is 7.17. The van der Waals surface area contributed by atoms with Crippen molar-refractivity contribution in [2.75, 3.05) is 31.6 Å². The van der Waals surface area contributed by atoms with Gasteiger partial charge in [0.2, 0.25) is 17.1 Å². The topological polar surface area (TPSA) is 71.5 Å². The van der Waals surface area contributed by atoms with Crippen LogP contribution < -0.4 is 9.64 Å². The summed E-state index contributed by atoms with van der Waals surface area (Å²) in [5, 5.41) is 0.0561. The summed E-state index contributed by atoms with van der Waals surface area (Å²) < 4.78 is 5.27. The van der Waals surface area contributed by atoms with Crippen molar-refractivity contribution in [3.05, 3.63) is 5.28 Å². The summed E-state index contributed by atoms with van der Waals surface area (Å²) in [6, 6.07) is 0.171. The summed E-state index contributed by atoms with van der Waals surface area (Å²) >= 11 is 5.90. The van der Waals surface area contributed by atoms with Gasteiger partial charge in [-0.05, 0) is 32.4 Å². The van der Waals surface area contributed by atoms with Crippen molar-refractivity contribution < 1.29 is 9.53 Å². The lowest BCUT2D eigenvalue weighted by Crippen LogP contribution is -2.62. The fourth-order valence-corrected chi connectivity index (χ4v) is 2.35. The Morgan fingerprint density at radius 1 is 1.30 bits per heavy atom.